The zero-order valence-corrected chi connectivity index (χ0v) is 22.8. The van der Waals surface area contributed by atoms with Crippen LogP contribution in [0.2, 0.25) is 5.02 Å². The molecule has 3 aromatic rings. The number of anilines is 1. The van der Waals surface area contributed by atoms with Crippen LogP contribution in [0.1, 0.15) is 58.3 Å². The molecule has 2 aromatic carbocycles. The van der Waals surface area contributed by atoms with Crippen LogP contribution < -0.4 is 10.6 Å². The van der Waals surface area contributed by atoms with Gasteiger partial charge in [0, 0.05) is 12.8 Å². The summed E-state index contributed by atoms with van der Waals surface area (Å²) in [7, 11) is 1.57. The Morgan fingerprint density at radius 2 is 1.97 bits per heavy atom. The van der Waals surface area contributed by atoms with Gasteiger partial charge in [0.05, 0.1) is 32.6 Å². The van der Waals surface area contributed by atoms with E-state index >= 15 is 0 Å². The van der Waals surface area contributed by atoms with Crippen molar-refractivity contribution in [2.24, 2.45) is 5.92 Å². The first kappa shape index (κ1) is 26.5. The van der Waals surface area contributed by atoms with Gasteiger partial charge in [0.1, 0.15) is 17.9 Å². The van der Waals surface area contributed by atoms with Crippen molar-refractivity contribution in [3.63, 3.8) is 0 Å². The summed E-state index contributed by atoms with van der Waals surface area (Å²) < 4.78 is 5.21. The first-order valence-electron chi connectivity index (χ1n) is 12.7. The molecule has 2 aliphatic carbocycles. The zero-order valence-electron chi connectivity index (χ0n) is 21.3. The molecule has 7 nitrogen and oxygen atoms in total. The standard InChI is InChI=1S/C29H30Cl2N4O3/c1-29(31)12-4-3-5-24(29)34-28(37)21-14-19(15-23-26(21)35-25(33-23)16-38-2)32-27(36)20-13-18(10-11-22(20)30)9-8-17-6-7-17/h3-5,10-15,17,24H,6-9,16H2,1-2H3,(H,32,36)(H,33,35)(H,34,37). The Hall–Kier alpha value is -3.13. The molecular formula is C29H30Cl2N4O3. The van der Waals surface area contributed by atoms with Crippen LogP contribution >= 0.6 is 23.2 Å². The number of imidazole rings is 1. The maximum Gasteiger partial charge on any atom is 0.257 e. The molecule has 2 atom stereocenters. The van der Waals surface area contributed by atoms with Crippen LogP contribution in [0.3, 0.4) is 0 Å². The number of rotatable bonds is 9. The number of benzene rings is 2. The number of halogens is 2. The number of amides is 2. The van der Waals surface area contributed by atoms with E-state index in [-0.39, 0.29) is 18.4 Å². The van der Waals surface area contributed by atoms with Crippen LogP contribution in [0.15, 0.2) is 54.6 Å². The van der Waals surface area contributed by atoms with Crippen LogP contribution in [0.5, 0.6) is 0 Å². The molecule has 9 heteroatoms. The summed E-state index contributed by atoms with van der Waals surface area (Å²) in [6.07, 6.45) is 12.0. The summed E-state index contributed by atoms with van der Waals surface area (Å²) in [6.45, 7) is 2.08. The van der Waals surface area contributed by atoms with Gasteiger partial charge >= 0.3 is 0 Å². The number of carbonyl (C=O) groups is 2. The minimum Gasteiger partial charge on any atom is -0.377 e. The molecule has 2 unspecified atom stereocenters. The van der Waals surface area contributed by atoms with Crippen LogP contribution in [0.4, 0.5) is 5.69 Å². The van der Waals surface area contributed by atoms with E-state index in [1.807, 2.05) is 43.4 Å². The molecule has 3 N–H and O–H groups in total. The van der Waals surface area contributed by atoms with Gasteiger partial charge in [-0.15, -0.1) is 11.6 Å². The Morgan fingerprint density at radius 1 is 1.16 bits per heavy atom. The SMILES string of the molecule is COCc1nc2c(C(=O)NC3C=CC=CC3(C)Cl)cc(NC(=O)c3cc(CCC4CC4)ccc3Cl)cc2[nH]1. The first-order valence-corrected chi connectivity index (χ1v) is 13.5. The fraction of sp³-hybridized carbons (Fsp3) is 0.345. The Morgan fingerprint density at radius 3 is 2.71 bits per heavy atom. The lowest BCUT2D eigenvalue weighted by molar-refractivity contribution is 0.0940. The molecule has 0 bridgehead atoms. The number of aryl methyl sites for hydroxylation is 1. The van der Waals surface area contributed by atoms with Gasteiger partial charge in [-0.1, -0.05) is 54.8 Å². The van der Waals surface area contributed by atoms with Crippen LogP contribution in [-0.2, 0) is 17.8 Å². The number of H-pyrrole nitrogens is 1. The average Bonchev–Trinajstić information content (AvgIpc) is 3.62. The number of nitrogens with zero attached hydrogens (tertiary/aromatic N) is 1. The van der Waals surface area contributed by atoms with E-state index < -0.39 is 10.9 Å². The number of aromatic amines is 1. The van der Waals surface area contributed by atoms with Crippen LogP contribution in [-0.4, -0.2) is 39.8 Å². The number of carbonyl (C=O) groups excluding carboxylic acids is 2. The van der Waals surface area contributed by atoms with Gasteiger partial charge in [0.2, 0.25) is 0 Å². The second kappa shape index (κ2) is 10.9. The second-order valence-corrected chi connectivity index (χ2v) is 11.4. The second-order valence-electron chi connectivity index (χ2n) is 10.1. The highest BCUT2D eigenvalue weighted by atomic mass is 35.5. The van der Waals surface area contributed by atoms with Gasteiger partial charge in [0.25, 0.3) is 11.8 Å². The van der Waals surface area contributed by atoms with Gasteiger partial charge < -0.3 is 20.4 Å². The summed E-state index contributed by atoms with van der Waals surface area (Å²) in [5, 5.41) is 6.28. The number of allylic oxidation sites excluding steroid dienone is 2. The zero-order chi connectivity index (χ0) is 26.9. The molecule has 2 amide bonds. The maximum atomic E-state index is 13.5. The lowest BCUT2D eigenvalue weighted by atomic mass is 9.95. The molecule has 5 rings (SSSR count). The summed E-state index contributed by atoms with van der Waals surface area (Å²) in [5.41, 5.74) is 3.28. The number of ether oxygens (including phenoxy) is 1. The third kappa shape index (κ3) is 5.96. The largest absolute Gasteiger partial charge is 0.377 e. The minimum atomic E-state index is -0.774. The molecule has 2 aliphatic rings. The summed E-state index contributed by atoms with van der Waals surface area (Å²) >= 11 is 13.0. The Bertz CT molecular complexity index is 1440. The van der Waals surface area contributed by atoms with Gasteiger partial charge in [-0.05, 0) is 55.5 Å². The lowest BCUT2D eigenvalue weighted by Gasteiger charge is -2.29. The number of fused-ring (bicyclic) bond motifs is 1. The molecule has 1 saturated carbocycles. The van der Waals surface area contributed by atoms with E-state index in [2.05, 4.69) is 20.6 Å². The third-order valence-electron chi connectivity index (χ3n) is 6.96. The van der Waals surface area contributed by atoms with Crippen molar-refractivity contribution in [2.45, 2.75) is 50.1 Å². The van der Waals surface area contributed by atoms with Crippen LogP contribution in [0, 0.1) is 5.92 Å². The van der Waals surface area contributed by atoms with E-state index in [9.17, 15) is 9.59 Å². The normalized spacial score (nSPS) is 20.6. The number of aromatic nitrogens is 2. The van der Waals surface area contributed by atoms with Crippen LogP contribution in [0.25, 0.3) is 11.0 Å². The average molecular weight is 553 g/mol. The van der Waals surface area contributed by atoms with E-state index in [1.54, 1.807) is 25.3 Å². The van der Waals surface area contributed by atoms with Crippen molar-refractivity contribution in [3.8, 4) is 0 Å². The highest BCUT2D eigenvalue weighted by Crippen LogP contribution is 2.34. The topological polar surface area (TPSA) is 96.1 Å². The van der Waals surface area contributed by atoms with Crippen molar-refractivity contribution in [1.29, 1.82) is 0 Å². The van der Waals surface area contributed by atoms with Gasteiger partial charge in [0.15, 0.2) is 0 Å². The van der Waals surface area contributed by atoms with E-state index in [0.29, 0.717) is 38.7 Å². The van der Waals surface area contributed by atoms with Crippen molar-refractivity contribution in [2.75, 3.05) is 12.4 Å². The van der Waals surface area contributed by atoms with Crippen molar-refractivity contribution < 1.29 is 14.3 Å². The molecule has 0 spiro atoms. The molecule has 0 saturated heterocycles. The number of hydrogen-bond acceptors (Lipinski definition) is 4. The van der Waals surface area contributed by atoms with E-state index in [1.165, 1.54) is 12.8 Å². The molecule has 1 aromatic heterocycles. The van der Waals surface area contributed by atoms with Gasteiger partial charge in [-0.3, -0.25) is 9.59 Å². The number of nitrogens with one attached hydrogen (secondary N) is 3. The van der Waals surface area contributed by atoms with Crippen molar-refractivity contribution in [1.82, 2.24) is 15.3 Å². The summed E-state index contributed by atoms with van der Waals surface area (Å²) in [6, 6.07) is 8.52. The quantitative estimate of drug-likeness (QED) is 0.276. The molecule has 0 aliphatic heterocycles. The molecule has 198 valence electrons. The van der Waals surface area contributed by atoms with Gasteiger partial charge in [-0.2, -0.15) is 0 Å². The third-order valence-corrected chi connectivity index (χ3v) is 7.65. The highest BCUT2D eigenvalue weighted by Gasteiger charge is 2.31. The summed E-state index contributed by atoms with van der Waals surface area (Å²) in [5.74, 6) is 0.653. The maximum absolute atomic E-state index is 13.5. The fourth-order valence-corrected chi connectivity index (χ4v) is 5.02. The monoisotopic (exact) mass is 552 g/mol. The molecular weight excluding hydrogens is 523 g/mol. The number of alkyl halides is 1. The molecule has 1 heterocycles. The first-order chi connectivity index (χ1) is 18.2. The Balaban J connectivity index is 1.43. The van der Waals surface area contributed by atoms with E-state index in [4.69, 9.17) is 27.9 Å². The molecule has 1 fully saturated rings. The Labute approximate surface area is 231 Å². The number of hydrogen-bond donors (Lipinski definition) is 3. The Kier molecular flexibility index (Phi) is 7.61. The highest BCUT2D eigenvalue weighted by molar-refractivity contribution is 6.34. The summed E-state index contributed by atoms with van der Waals surface area (Å²) in [4.78, 5) is 33.7. The van der Waals surface area contributed by atoms with Crippen molar-refractivity contribution in [3.05, 3.63) is 82.2 Å². The molecule has 38 heavy (non-hydrogen) atoms. The lowest BCUT2D eigenvalue weighted by Crippen LogP contribution is -2.46. The smallest absolute Gasteiger partial charge is 0.257 e. The van der Waals surface area contributed by atoms with Gasteiger partial charge in [-0.25, -0.2) is 4.98 Å². The minimum absolute atomic E-state index is 0.247. The predicted octanol–water partition coefficient (Wildman–Crippen LogP) is 6.18. The molecule has 0 radical (unpaired) electrons. The van der Waals surface area contributed by atoms with Crippen molar-refractivity contribution >= 4 is 51.7 Å². The fourth-order valence-electron chi connectivity index (χ4n) is 4.62. The predicted molar refractivity (Wildman–Crippen MR) is 151 cm³/mol. The number of methoxy groups -OCH3 is 1. The van der Waals surface area contributed by atoms with E-state index in [0.717, 1.165) is 24.3 Å².